The number of fused-ring (bicyclic) bond motifs is 2. The Morgan fingerprint density at radius 3 is 2.48 bits per heavy atom. The summed E-state index contributed by atoms with van der Waals surface area (Å²) < 4.78 is 7.28. The van der Waals surface area contributed by atoms with Crippen molar-refractivity contribution in [3.05, 3.63) is 75.2 Å². The van der Waals surface area contributed by atoms with Crippen LogP contribution in [0.15, 0.2) is 53.5 Å². The normalized spacial score (nSPS) is 20.4. The fourth-order valence-electron chi connectivity index (χ4n) is 9.87. The lowest BCUT2D eigenvalue weighted by Gasteiger charge is -2.55. The summed E-state index contributed by atoms with van der Waals surface area (Å²) in [5, 5.41) is 9.40. The van der Waals surface area contributed by atoms with E-state index in [1.165, 1.54) is 19.9 Å². The number of piperidine rings is 3. The molecule has 5 aliphatic rings. The summed E-state index contributed by atoms with van der Waals surface area (Å²) >= 11 is 6.62. The summed E-state index contributed by atoms with van der Waals surface area (Å²) in [6, 6.07) is 12.7. The SMILES string of the molecule is CNC(=O)COc1cc2cc(Nc3nc(N4CCC(CN5CCC6(CC5)CN(c5ccc7c(c5)CN(C5CCC(=O)NC5=O)C7=O)C6)CC4)ncc3Cl)ccc2n(C(C)C)c1=O. The van der Waals surface area contributed by atoms with Crippen LogP contribution in [-0.2, 0) is 20.9 Å². The van der Waals surface area contributed by atoms with Gasteiger partial charge in [0.2, 0.25) is 17.8 Å². The van der Waals surface area contributed by atoms with E-state index < -0.39 is 6.04 Å². The Morgan fingerprint density at radius 1 is 0.984 bits per heavy atom. The number of likely N-dealkylation sites (tertiary alicyclic amines) is 1. The molecule has 16 nitrogen and oxygen atoms in total. The number of carbonyl (C=O) groups excluding carboxylic acids is 4. The van der Waals surface area contributed by atoms with Crippen LogP contribution in [0.25, 0.3) is 10.9 Å². The molecular formula is C45H53ClN10O6. The Bertz CT molecular complexity index is 2490. The van der Waals surface area contributed by atoms with Gasteiger partial charge in [-0.25, -0.2) is 4.98 Å². The number of amides is 4. The molecule has 5 aliphatic heterocycles. The lowest BCUT2D eigenvalue weighted by molar-refractivity contribution is -0.137. The predicted molar refractivity (Wildman–Crippen MR) is 236 cm³/mol. The van der Waals surface area contributed by atoms with Gasteiger partial charge in [-0.3, -0.25) is 29.3 Å². The number of carbonyl (C=O) groups is 4. The minimum absolute atomic E-state index is 0.101. The Kier molecular flexibility index (Phi) is 11.3. The zero-order valence-corrected chi connectivity index (χ0v) is 36.2. The van der Waals surface area contributed by atoms with E-state index in [9.17, 15) is 24.0 Å². The van der Waals surface area contributed by atoms with Crippen molar-refractivity contribution in [1.82, 2.24) is 35.0 Å². The van der Waals surface area contributed by atoms with Gasteiger partial charge < -0.3 is 39.5 Å². The first-order valence-corrected chi connectivity index (χ1v) is 22.1. The number of ether oxygens (including phenoxy) is 1. The minimum atomic E-state index is -0.602. The Balaban J connectivity index is 0.759. The van der Waals surface area contributed by atoms with Gasteiger partial charge in [-0.1, -0.05) is 11.6 Å². The fraction of sp³-hybridized carbons (Fsp3) is 0.489. The van der Waals surface area contributed by atoms with Crippen molar-refractivity contribution in [2.45, 2.75) is 71.0 Å². The first kappa shape index (κ1) is 41.6. The van der Waals surface area contributed by atoms with Gasteiger partial charge in [-0.2, -0.15) is 4.98 Å². The maximum Gasteiger partial charge on any atom is 0.293 e. The van der Waals surface area contributed by atoms with Crippen LogP contribution >= 0.6 is 11.6 Å². The van der Waals surface area contributed by atoms with E-state index in [-0.39, 0.29) is 54.0 Å². The first-order chi connectivity index (χ1) is 29.9. The summed E-state index contributed by atoms with van der Waals surface area (Å²) in [6.07, 6.45) is 6.70. The number of hydrogen-bond donors (Lipinski definition) is 3. The molecule has 4 amide bonds. The predicted octanol–water partition coefficient (Wildman–Crippen LogP) is 4.47. The number of nitrogens with one attached hydrogen (secondary N) is 3. The average molecular weight is 865 g/mol. The summed E-state index contributed by atoms with van der Waals surface area (Å²) in [6.45, 7) is 11.0. The molecule has 2 aromatic carbocycles. The Labute approximate surface area is 364 Å². The van der Waals surface area contributed by atoms with Crippen LogP contribution in [0.5, 0.6) is 5.75 Å². The number of halogens is 1. The molecule has 2 aromatic heterocycles. The Hall–Kier alpha value is -5.74. The van der Waals surface area contributed by atoms with E-state index in [0.29, 0.717) is 46.7 Å². The minimum Gasteiger partial charge on any atom is -0.478 e. The molecule has 0 bridgehead atoms. The van der Waals surface area contributed by atoms with Crippen molar-refractivity contribution in [2.24, 2.45) is 11.3 Å². The van der Waals surface area contributed by atoms with Crippen LogP contribution in [0.3, 0.4) is 0 Å². The van der Waals surface area contributed by atoms with E-state index in [2.05, 4.69) is 41.7 Å². The van der Waals surface area contributed by atoms with Crippen LogP contribution in [0, 0.1) is 11.3 Å². The third kappa shape index (κ3) is 8.17. The smallest absolute Gasteiger partial charge is 0.293 e. The van der Waals surface area contributed by atoms with Crippen LogP contribution < -0.4 is 36.0 Å². The van der Waals surface area contributed by atoms with Gasteiger partial charge in [0.05, 0.1) is 11.7 Å². The van der Waals surface area contributed by atoms with Crippen molar-refractivity contribution in [1.29, 1.82) is 0 Å². The second-order valence-corrected chi connectivity index (χ2v) is 18.2. The van der Waals surface area contributed by atoms with Gasteiger partial charge in [0.1, 0.15) is 11.1 Å². The maximum absolute atomic E-state index is 13.2. The van der Waals surface area contributed by atoms with E-state index in [4.69, 9.17) is 21.3 Å². The molecule has 1 atom stereocenters. The topological polar surface area (TPSA) is 174 Å². The van der Waals surface area contributed by atoms with Crippen molar-refractivity contribution in [3.8, 4) is 5.75 Å². The van der Waals surface area contributed by atoms with Gasteiger partial charge in [0.25, 0.3) is 17.4 Å². The number of imide groups is 1. The van der Waals surface area contributed by atoms with Crippen molar-refractivity contribution >= 4 is 69.3 Å². The van der Waals surface area contributed by atoms with Crippen LogP contribution in [0.2, 0.25) is 5.02 Å². The highest BCUT2D eigenvalue weighted by atomic mass is 35.5. The van der Waals surface area contributed by atoms with Gasteiger partial charge in [0, 0.05) is 86.5 Å². The fourth-order valence-corrected chi connectivity index (χ4v) is 10.0. The third-order valence-electron chi connectivity index (χ3n) is 13.4. The van der Waals surface area contributed by atoms with Crippen LogP contribution in [0.4, 0.5) is 23.1 Å². The second-order valence-electron chi connectivity index (χ2n) is 17.8. The standard InChI is InChI=1S/C45H53ClN10O6/c1-27(2)56-35-7-4-31(18-29(35)20-37(43(56)61)62-24-39(58)47-3)49-40-34(46)21-48-44(51-40)53-14-10-28(11-15-53)22-52-16-12-45(13-17-52)25-54(26-45)32-5-6-33-30(19-32)23-55(42(33)60)36-8-9-38(57)50-41(36)59/h4-7,18-21,27-28,36H,8-17,22-26H2,1-3H3,(H,47,58)(H,48,49,51)(H,50,57,59). The monoisotopic (exact) mass is 864 g/mol. The second kappa shape index (κ2) is 16.9. The number of anilines is 4. The average Bonchev–Trinajstić information content (AvgIpc) is 3.57. The Morgan fingerprint density at radius 2 is 1.76 bits per heavy atom. The molecule has 0 radical (unpaired) electrons. The molecule has 4 fully saturated rings. The molecule has 7 heterocycles. The molecule has 4 saturated heterocycles. The molecule has 0 saturated carbocycles. The van der Waals surface area contributed by atoms with Gasteiger partial charge >= 0.3 is 0 Å². The third-order valence-corrected chi connectivity index (χ3v) is 13.7. The molecule has 1 unspecified atom stereocenters. The molecule has 17 heteroatoms. The largest absolute Gasteiger partial charge is 0.478 e. The van der Waals surface area contributed by atoms with Crippen molar-refractivity contribution in [3.63, 3.8) is 0 Å². The molecule has 62 heavy (non-hydrogen) atoms. The van der Waals surface area contributed by atoms with Gasteiger partial charge in [-0.05, 0) is 113 Å². The number of likely N-dealkylation sites (N-methyl/N-ethyl adjacent to an activating group) is 1. The molecule has 1 spiro atoms. The quantitative estimate of drug-likeness (QED) is 0.181. The molecule has 4 aromatic rings. The summed E-state index contributed by atoms with van der Waals surface area (Å²) in [5.41, 5.74) is 4.22. The van der Waals surface area contributed by atoms with Crippen molar-refractivity contribution in [2.75, 3.05) is 74.6 Å². The number of benzene rings is 2. The van der Waals surface area contributed by atoms with Crippen molar-refractivity contribution < 1.29 is 23.9 Å². The number of aromatic nitrogens is 3. The van der Waals surface area contributed by atoms with E-state index in [0.717, 1.165) is 86.5 Å². The highest BCUT2D eigenvalue weighted by Crippen LogP contribution is 2.44. The highest BCUT2D eigenvalue weighted by molar-refractivity contribution is 6.33. The summed E-state index contributed by atoms with van der Waals surface area (Å²) in [4.78, 5) is 80.7. The zero-order valence-electron chi connectivity index (χ0n) is 35.4. The summed E-state index contributed by atoms with van der Waals surface area (Å²) in [5.74, 6) is 0.698. The lowest BCUT2D eigenvalue weighted by Crippen LogP contribution is -2.60. The maximum atomic E-state index is 13.2. The molecule has 3 N–H and O–H groups in total. The molecule has 326 valence electrons. The van der Waals surface area contributed by atoms with Gasteiger partial charge in [-0.15, -0.1) is 0 Å². The number of hydrogen-bond acceptors (Lipinski definition) is 12. The van der Waals surface area contributed by atoms with Crippen LogP contribution in [0.1, 0.15) is 74.3 Å². The molecule has 0 aliphatic carbocycles. The lowest BCUT2D eigenvalue weighted by atomic mass is 9.71. The van der Waals surface area contributed by atoms with Crippen LogP contribution in [-0.4, -0.2) is 113 Å². The number of nitrogens with zero attached hydrogens (tertiary/aromatic N) is 7. The zero-order chi connectivity index (χ0) is 43.3. The number of pyridine rings is 1. The molecular weight excluding hydrogens is 812 g/mol. The van der Waals surface area contributed by atoms with E-state index in [1.54, 1.807) is 21.7 Å². The van der Waals surface area contributed by atoms with Gasteiger partial charge in [0.15, 0.2) is 18.2 Å². The number of rotatable bonds is 11. The van der Waals surface area contributed by atoms with E-state index >= 15 is 0 Å². The summed E-state index contributed by atoms with van der Waals surface area (Å²) in [7, 11) is 1.52. The molecule has 9 rings (SSSR count). The van der Waals surface area contributed by atoms with E-state index in [1.807, 2.05) is 44.2 Å². The first-order valence-electron chi connectivity index (χ1n) is 21.7. The highest BCUT2D eigenvalue weighted by Gasteiger charge is 2.46.